The lowest BCUT2D eigenvalue weighted by molar-refractivity contribution is -0.150. The van der Waals surface area contributed by atoms with Crippen LogP contribution in [0, 0.1) is 0 Å². The first-order chi connectivity index (χ1) is 7.83. The maximum Gasteiger partial charge on any atom is 0.347 e. The zero-order valence-electron chi connectivity index (χ0n) is 11.5. The first kappa shape index (κ1) is 17.2. The number of hydrogen-bond acceptors (Lipinski definition) is 5. The molecule has 0 unspecified atom stereocenters. The molecule has 0 aromatic carbocycles. The van der Waals surface area contributed by atoms with Crippen LogP contribution in [-0.4, -0.2) is 26.5 Å². The van der Waals surface area contributed by atoms with E-state index in [1.807, 2.05) is 0 Å². The van der Waals surface area contributed by atoms with Gasteiger partial charge in [-0.2, -0.15) is 0 Å². The Morgan fingerprint density at radius 3 is 1.72 bits per heavy atom. The number of carbonyl (C=O) groups is 1. The predicted octanol–water partition coefficient (Wildman–Crippen LogP) is 3.17. The van der Waals surface area contributed by atoms with Crippen LogP contribution in [0.3, 0.4) is 0 Å². The maximum atomic E-state index is 11.9. The smallest absolute Gasteiger partial charge is 0.347 e. The van der Waals surface area contributed by atoms with E-state index >= 15 is 0 Å². The van der Waals surface area contributed by atoms with Gasteiger partial charge in [0.1, 0.15) is 11.2 Å². The van der Waals surface area contributed by atoms with Crippen molar-refractivity contribution in [2.45, 2.75) is 52.7 Å². The molecule has 0 rings (SSSR count). The average molecular weight is 292 g/mol. The van der Waals surface area contributed by atoms with Crippen LogP contribution < -0.4 is 0 Å². The third-order valence-corrected chi connectivity index (χ3v) is 1.86. The second kappa shape index (κ2) is 5.93. The van der Waals surface area contributed by atoms with Crippen molar-refractivity contribution in [1.29, 1.82) is 0 Å². The fraction of sp³-hybridized carbons (Fsp3) is 0.667. The summed E-state index contributed by atoms with van der Waals surface area (Å²) in [6.45, 7) is 10.3. The summed E-state index contributed by atoms with van der Waals surface area (Å²) in [5.41, 5.74) is -1.59. The molecule has 4 nitrogen and oxygen atoms in total. The molecule has 0 aliphatic rings. The van der Waals surface area contributed by atoms with Gasteiger partial charge in [-0.3, -0.25) is 0 Å². The van der Waals surface area contributed by atoms with E-state index in [-0.39, 0.29) is 9.77 Å². The van der Waals surface area contributed by atoms with E-state index in [0.29, 0.717) is 0 Å². The molecule has 0 bridgehead atoms. The topological polar surface area (TPSA) is 55.8 Å². The minimum Gasteiger partial charge on any atom is -0.480 e. The molecule has 0 atom stereocenters. The number of esters is 1. The van der Waals surface area contributed by atoms with Crippen LogP contribution in [0.15, 0.2) is 11.5 Å². The molecule has 0 aliphatic carbocycles. The highest BCUT2D eigenvalue weighted by atomic mass is 32.1. The first-order valence-corrected chi connectivity index (χ1v) is 6.28. The van der Waals surface area contributed by atoms with Crippen molar-refractivity contribution in [1.82, 2.24) is 0 Å². The number of aliphatic hydroxyl groups excluding tert-OH is 1. The van der Waals surface area contributed by atoms with E-state index in [0.717, 1.165) is 0 Å². The Bertz CT molecular complexity index is 373. The summed E-state index contributed by atoms with van der Waals surface area (Å²) in [4.78, 5) is 11.9. The molecule has 6 heteroatoms. The SMILES string of the molecule is CC(C)(C)OC(=O)C(C(=S)S)=C(O)OC(C)(C)C. The van der Waals surface area contributed by atoms with Gasteiger partial charge in [-0.05, 0) is 41.5 Å². The lowest BCUT2D eigenvalue weighted by atomic mass is 10.2. The van der Waals surface area contributed by atoms with Crippen LogP contribution in [0.2, 0.25) is 0 Å². The summed E-state index contributed by atoms with van der Waals surface area (Å²) < 4.78 is 10.2. The van der Waals surface area contributed by atoms with Crippen LogP contribution in [0.5, 0.6) is 0 Å². The van der Waals surface area contributed by atoms with Gasteiger partial charge in [0.25, 0.3) is 5.95 Å². The molecule has 0 spiro atoms. The molecular formula is C12H20O4S2. The Morgan fingerprint density at radius 1 is 1.06 bits per heavy atom. The lowest BCUT2D eigenvalue weighted by Gasteiger charge is -2.23. The van der Waals surface area contributed by atoms with Crippen LogP contribution in [0.25, 0.3) is 0 Å². The average Bonchev–Trinajstić information content (AvgIpc) is 1.93. The summed E-state index contributed by atoms with van der Waals surface area (Å²) in [5.74, 6) is -1.33. The molecule has 0 aliphatic heterocycles. The van der Waals surface area contributed by atoms with Gasteiger partial charge in [0.15, 0.2) is 5.57 Å². The minimum atomic E-state index is -0.760. The van der Waals surface area contributed by atoms with E-state index in [9.17, 15) is 9.90 Å². The van der Waals surface area contributed by atoms with Gasteiger partial charge in [0.05, 0.1) is 4.20 Å². The zero-order valence-corrected chi connectivity index (χ0v) is 13.2. The van der Waals surface area contributed by atoms with Crippen LogP contribution >= 0.6 is 24.8 Å². The van der Waals surface area contributed by atoms with Crippen molar-refractivity contribution in [3.63, 3.8) is 0 Å². The normalized spacial score (nSPS) is 13.7. The number of thiocarbonyl (C=S) groups is 1. The van der Waals surface area contributed by atoms with E-state index in [4.69, 9.17) is 21.7 Å². The van der Waals surface area contributed by atoms with E-state index in [1.54, 1.807) is 41.5 Å². The van der Waals surface area contributed by atoms with Crippen LogP contribution in [-0.2, 0) is 14.3 Å². The van der Waals surface area contributed by atoms with E-state index in [1.165, 1.54) is 0 Å². The number of hydrogen-bond donors (Lipinski definition) is 2. The van der Waals surface area contributed by atoms with Gasteiger partial charge in [-0.25, -0.2) is 4.79 Å². The Hall–Kier alpha value is -0.750. The molecule has 0 fully saturated rings. The number of aliphatic hydroxyl groups is 1. The number of thiol groups is 1. The fourth-order valence-corrected chi connectivity index (χ4v) is 1.29. The Morgan fingerprint density at radius 2 is 1.44 bits per heavy atom. The Balaban J connectivity index is 5.26. The highest BCUT2D eigenvalue weighted by Crippen LogP contribution is 2.20. The van der Waals surface area contributed by atoms with E-state index in [2.05, 4.69) is 12.6 Å². The maximum absolute atomic E-state index is 11.9. The molecule has 1 N–H and O–H groups in total. The van der Waals surface area contributed by atoms with Gasteiger partial charge in [-0.15, -0.1) is 12.6 Å². The molecule has 0 heterocycles. The molecular weight excluding hydrogens is 272 g/mol. The molecule has 104 valence electrons. The van der Waals surface area contributed by atoms with Crippen molar-refractivity contribution in [3.05, 3.63) is 11.5 Å². The number of carbonyl (C=O) groups excluding carboxylic acids is 1. The molecule has 0 aromatic heterocycles. The quantitative estimate of drug-likeness (QED) is 0.275. The summed E-state index contributed by atoms with van der Waals surface area (Å²) in [6.07, 6.45) is 0. The van der Waals surface area contributed by atoms with Gasteiger partial charge >= 0.3 is 5.97 Å². The van der Waals surface area contributed by atoms with Crippen molar-refractivity contribution < 1.29 is 19.4 Å². The third-order valence-electron chi connectivity index (χ3n) is 1.43. The molecule has 0 saturated carbocycles. The van der Waals surface area contributed by atoms with Crippen molar-refractivity contribution in [2.75, 3.05) is 0 Å². The van der Waals surface area contributed by atoms with Gasteiger partial charge in [0.2, 0.25) is 0 Å². The molecule has 18 heavy (non-hydrogen) atoms. The van der Waals surface area contributed by atoms with Gasteiger partial charge in [0, 0.05) is 0 Å². The van der Waals surface area contributed by atoms with Crippen molar-refractivity contribution in [2.24, 2.45) is 0 Å². The fourth-order valence-electron chi connectivity index (χ4n) is 0.936. The summed E-state index contributed by atoms with van der Waals surface area (Å²) in [6, 6.07) is 0. The lowest BCUT2D eigenvalue weighted by Crippen LogP contribution is -2.28. The third kappa shape index (κ3) is 6.86. The largest absolute Gasteiger partial charge is 0.480 e. The second-order valence-corrected chi connectivity index (χ2v) is 6.86. The van der Waals surface area contributed by atoms with Gasteiger partial charge in [-0.1, -0.05) is 12.2 Å². The monoisotopic (exact) mass is 292 g/mol. The second-order valence-electron chi connectivity index (χ2n) is 5.70. The minimum absolute atomic E-state index is 0.0778. The molecule has 0 amide bonds. The Kier molecular flexibility index (Phi) is 5.68. The predicted molar refractivity (Wildman–Crippen MR) is 77.9 cm³/mol. The molecule has 0 saturated heterocycles. The highest BCUT2D eigenvalue weighted by molar-refractivity contribution is 8.12. The van der Waals surface area contributed by atoms with Gasteiger partial charge < -0.3 is 14.6 Å². The highest BCUT2D eigenvalue weighted by Gasteiger charge is 2.28. The Labute approximate surface area is 119 Å². The zero-order chi connectivity index (χ0) is 14.7. The summed E-state index contributed by atoms with van der Waals surface area (Å²) in [7, 11) is 0. The molecule has 0 aromatic rings. The number of rotatable bonds is 3. The molecule has 0 radical (unpaired) electrons. The number of ether oxygens (including phenoxy) is 2. The van der Waals surface area contributed by atoms with E-state index < -0.39 is 23.1 Å². The van der Waals surface area contributed by atoms with Crippen LogP contribution in [0.4, 0.5) is 0 Å². The summed E-state index contributed by atoms with van der Waals surface area (Å²) in [5, 5.41) is 9.80. The van der Waals surface area contributed by atoms with Crippen molar-refractivity contribution in [3.8, 4) is 0 Å². The van der Waals surface area contributed by atoms with Crippen LogP contribution in [0.1, 0.15) is 41.5 Å². The summed E-state index contributed by atoms with van der Waals surface area (Å²) >= 11 is 8.72. The van der Waals surface area contributed by atoms with Crippen molar-refractivity contribution >= 4 is 35.0 Å². The standard InChI is InChI=1S/C12H20O4S2/c1-11(2,3)15-8(13)7(10(17)18)9(14)16-12(4,5)6/h13H,1-6H3,(H,17,18). The first-order valence-electron chi connectivity index (χ1n) is 5.42.